The van der Waals surface area contributed by atoms with Crippen LogP contribution in [0, 0.1) is 0 Å². The molecule has 1 amide bonds. The van der Waals surface area contributed by atoms with Gasteiger partial charge in [0.2, 0.25) is 10.0 Å². The first-order valence-electron chi connectivity index (χ1n) is 10.1. The van der Waals surface area contributed by atoms with Crippen molar-refractivity contribution in [3.63, 3.8) is 0 Å². The largest absolute Gasteiger partial charge is 0.497 e. The topological polar surface area (TPSA) is 75.7 Å². The average molecular weight is 437 g/mol. The summed E-state index contributed by atoms with van der Waals surface area (Å²) in [6, 6.07) is 21.5. The van der Waals surface area contributed by atoms with Crippen LogP contribution in [-0.4, -0.2) is 28.0 Å². The first-order valence-corrected chi connectivity index (χ1v) is 11.7. The third kappa shape index (κ3) is 4.88. The number of amides is 1. The molecule has 0 atom stereocenters. The Hall–Kier alpha value is -3.32. The van der Waals surface area contributed by atoms with Gasteiger partial charge < -0.3 is 9.64 Å². The van der Waals surface area contributed by atoms with Crippen molar-refractivity contribution in [2.45, 2.75) is 18.6 Å². The van der Waals surface area contributed by atoms with Crippen molar-refractivity contribution in [3.05, 3.63) is 89.5 Å². The number of aryl methyl sites for hydroxylation is 1. The fourth-order valence-electron chi connectivity index (χ4n) is 3.81. The van der Waals surface area contributed by atoms with Crippen molar-refractivity contribution in [2.24, 2.45) is 0 Å². The molecule has 31 heavy (non-hydrogen) atoms. The van der Waals surface area contributed by atoms with E-state index in [1.807, 2.05) is 30.3 Å². The Kier molecular flexibility index (Phi) is 5.95. The van der Waals surface area contributed by atoms with Crippen molar-refractivity contribution in [3.8, 4) is 5.75 Å². The molecule has 4 rings (SSSR count). The summed E-state index contributed by atoms with van der Waals surface area (Å²) >= 11 is 0. The number of carbonyl (C=O) groups is 1. The van der Waals surface area contributed by atoms with Crippen LogP contribution in [0.5, 0.6) is 5.75 Å². The molecule has 1 aliphatic heterocycles. The van der Waals surface area contributed by atoms with Crippen molar-refractivity contribution < 1.29 is 17.9 Å². The zero-order chi connectivity index (χ0) is 21.8. The second-order valence-corrected chi connectivity index (χ2v) is 9.20. The molecular formula is C24H24N2O4S. The van der Waals surface area contributed by atoms with Crippen LogP contribution >= 0.6 is 0 Å². The highest BCUT2D eigenvalue weighted by Crippen LogP contribution is 2.31. The number of nitrogens with zero attached hydrogens (tertiary/aromatic N) is 1. The van der Waals surface area contributed by atoms with Gasteiger partial charge in [0.05, 0.1) is 12.9 Å². The molecule has 1 N–H and O–H groups in total. The molecule has 0 saturated carbocycles. The maximum Gasteiger partial charge on any atom is 0.258 e. The Balaban J connectivity index is 1.53. The molecule has 0 fully saturated rings. The zero-order valence-electron chi connectivity index (χ0n) is 17.2. The smallest absolute Gasteiger partial charge is 0.258 e. The van der Waals surface area contributed by atoms with Crippen LogP contribution in [-0.2, 0) is 22.2 Å². The molecule has 0 saturated heterocycles. The molecule has 0 spiro atoms. The highest BCUT2D eigenvalue weighted by molar-refractivity contribution is 7.91. The molecule has 1 aliphatic rings. The molecule has 0 unspecified atom stereocenters. The van der Waals surface area contributed by atoms with E-state index in [1.54, 1.807) is 54.5 Å². The molecule has 3 aromatic carbocycles. The Bertz CT molecular complexity index is 1190. The lowest BCUT2D eigenvalue weighted by Gasteiger charge is -2.30. The minimum atomic E-state index is -3.60. The van der Waals surface area contributed by atoms with Crippen molar-refractivity contribution in [1.82, 2.24) is 0 Å². The van der Waals surface area contributed by atoms with Crippen molar-refractivity contribution >= 4 is 27.3 Å². The number of carbonyl (C=O) groups excluding carboxylic acids is 1. The van der Waals surface area contributed by atoms with E-state index in [9.17, 15) is 13.2 Å². The molecule has 0 radical (unpaired) electrons. The van der Waals surface area contributed by atoms with Crippen LogP contribution in [0.15, 0.2) is 72.8 Å². The Morgan fingerprint density at radius 1 is 1.03 bits per heavy atom. The van der Waals surface area contributed by atoms with Gasteiger partial charge in [0.1, 0.15) is 5.75 Å². The number of hydrogen-bond acceptors (Lipinski definition) is 4. The fraction of sp³-hybridized carbons (Fsp3) is 0.208. The third-order valence-corrected chi connectivity index (χ3v) is 6.49. The monoisotopic (exact) mass is 436 g/mol. The maximum absolute atomic E-state index is 12.9. The highest BCUT2D eigenvalue weighted by atomic mass is 32.2. The first-order chi connectivity index (χ1) is 14.9. The molecule has 0 bridgehead atoms. The normalized spacial score (nSPS) is 13.4. The second kappa shape index (κ2) is 8.81. The molecule has 7 heteroatoms. The number of benzene rings is 3. The minimum absolute atomic E-state index is 0.0482. The highest BCUT2D eigenvalue weighted by Gasteiger charge is 2.24. The van der Waals surface area contributed by atoms with Gasteiger partial charge in [-0.05, 0) is 66.4 Å². The van der Waals surface area contributed by atoms with Gasteiger partial charge in [0.15, 0.2) is 0 Å². The molecule has 0 aliphatic carbocycles. The lowest BCUT2D eigenvalue weighted by molar-refractivity contribution is 0.0985. The number of nitrogens with one attached hydrogen (secondary N) is 1. The van der Waals surface area contributed by atoms with Gasteiger partial charge in [-0.15, -0.1) is 0 Å². The summed E-state index contributed by atoms with van der Waals surface area (Å²) in [7, 11) is -2.05. The standard InChI is InChI=1S/C24H24N2O4S/c1-30-22-11-5-7-18(15-22)17-31(28,29)25-21-12-13-23-20(16-21)10-6-14-26(23)24(27)19-8-3-2-4-9-19/h2-5,7-9,11-13,15-16,25H,6,10,14,17H2,1H3. The van der Waals surface area contributed by atoms with Crippen LogP contribution in [0.2, 0.25) is 0 Å². The van der Waals surface area contributed by atoms with E-state index < -0.39 is 10.0 Å². The second-order valence-electron chi connectivity index (χ2n) is 7.48. The van der Waals surface area contributed by atoms with Crippen LogP contribution in [0.3, 0.4) is 0 Å². The van der Waals surface area contributed by atoms with Gasteiger partial charge in [0.25, 0.3) is 5.91 Å². The SMILES string of the molecule is COc1cccc(CS(=O)(=O)Nc2ccc3c(c2)CCCN3C(=O)c2ccccc2)c1. The van der Waals surface area contributed by atoms with Gasteiger partial charge in [-0.3, -0.25) is 9.52 Å². The van der Waals surface area contributed by atoms with Gasteiger partial charge >= 0.3 is 0 Å². The zero-order valence-corrected chi connectivity index (χ0v) is 18.1. The van der Waals surface area contributed by atoms with Crippen LogP contribution in [0.4, 0.5) is 11.4 Å². The molecular weight excluding hydrogens is 412 g/mol. The summed E-state index contributed by atoms with van der Waals surface area (Å²) in [4.78, 5) is 14.7. The van der Waals surface area contributed by atoms with E-state index in [2.05, 4.69) is 4.72 Å². The van der Waals surface area contributed by atoms with E-state index in [1.165, 1.54) is 0 Å². The van der Waals surface area contributed by atoms with Gasteiger partial charge in [-0.2, -0.15) is 0 Å². The van der Waals surface area contributed by atoms with E-state index >= 15 is 0 Å². The van der Waals surface area contributed by atoms with Gasteiger partial charge in [0, 0.05) is 23.5 Å². The number of sulfonamides is 1. The Morgan fingerprint density at radius 3 is 2.61 bits per heavy atom. The summed E-state index contributed by atoms with van der Waals surface area (Å²) < 4.78 is 33.2. The maximum atomic E-state index is 12.9. The summed E-state index contributed by atoms with van der Waals surface area (Å²) in [6.45, 7) is 0.641. The fourth-order valence-corrected chi connectivity index (χ4v) is 4.98. The van der Waals surface area contributed by atoms with Crippen LogP contribution in [0.1, 0.15) is 27.9 Å². The van der Waals surface area contributed by atoms with Crippen LogP contribution < -0.4 is 14.4 Å². The Morgan fingerprint density at radius 2 is 1.84 bits per heavy atom. The lowest BCUT2D eigenvalue weighted by atomic mass is 10.00. The van der Waals surface area contributed by atoms with E-state index in [4.69, 9.17) is 4.74 Å². The molecule has 3 aromatic rings. The van der Waals surface area contributed by atoms with Crippen molar-refractivity contribution in [2.75, 3.05) is 23.3 Å². The van der Waals surface area contributed by atoms with E-state index in [0.717, 1.165) is 24.1 Å². The molecule has 6 nitrogen and oxygen atoms in total. The predicted molar refractivity (Wildman–Crippen MR) is 122 cm³/mol. The minimum Gasteiger partial charge on any atom is -0.497 e. The summed E-state index contributed by atoms with van der Waals surface area (Å²) in [5.74, 6) is 0.414. The molecule has 160 valence electrons. The van der Waals surface area contributed by atoms with Crippen molar-refractivity contribution in [1.29, 1.82) is 0 Å². The van der Waals surface area contributed by atoms with Gasteiger partial charge in [-0.25, -0.2) is 8.42 Å². The van der Waals surface area contributed by atoms with Gasteiger partial charge in [-0.1, -0.05) is 30.3 Å². The first kappa shape index (κ1) is 20.9. The predicted octanol–water partition coefficient (Wildman–Crippen LogP) is 4.23. The third-order valence-electron chi connectivity index (χ3n) is 5.23. The summed E-state index contributed by atoms with van der Waals surface area (Å²) in [5.41, 5.74) is 3.56. The van der Waals surface area contributed by atoms with Crippen LogP contribution in [0.25, 0.3) is 0 Å². The molecule has 1 heterocycles. The lowest BCUT2D eigenvalue weighted by Crippen LogP contribution is -2.35. The number of anilines is 2. The summed E-state index contributed by atoms with van der Waals surface area (Å²) in [5, 5.41) is 0. The van der Waals surface area contributed by atoms with E-state index in [0.29, 0.717) is 29.1 Å². The average Bonchev–Trinajstić information content (AvgIpc) is 2.78. The number of fused-ring (bicyclic) bond motifs is 1. The Labute approximate surface area is 182 Å². The van der Waals surface area contributed by atoms with E-state index in [-0.39, 0.29) is 11.7 Å². The molecule has 0 aromatic heterocycles. The quantitative estimate of drug-likeness (QED) is 0.627. The number of hydrogen-bond donors (Lipinski definition) is 1. The number of methoxy groups -OCH3 is 1. The number of ether oxygens (including phenoxy) is 1. The number of rotatable bonds is 6. The summed E-state index contributed by atoms with van der Waals surface area (Å²) in [6.07, 6.45) is 1.62.